The fourth-order valence-electron chi connectivity index (χ4n) is 3.15. The first-order valence-electron chi connectivity index (χ1n) is 8.94. The lowest BCUT2D eigenvalue weighted by Gasteiger charge is -2.32. The number of nitrogens with zero attached hydrogens (tertiary/aromatic N) is 3. The largest absolute Gasteiger partial charge is 0.452 e. The number of rotatable bonds is 5. The van der Waals surface area contributed by atoms with E-state index in [-0.39, 0.29) is 24.7 Å². The average Bonchev–Trinajstić information content (AvgIpc) is 2.66. The zero-order valence-corrected chi connectivity index (χ0v) is 16.2. The van der Waals surface area contributed by atoms with E-state index in [9.17, 15) is 32.9 Å². The number of ether oxygens (including phenoxy) is 1. The van der Waals surface area contributed by atoms with Gasteiger partial charge in [-0.2, -0.15) is 13.2 Å². The maximum absolute atomic E-state index is 12.8. The second-order valence-corrected chi connectivity index (χ2v) is 7.03. The second kappa shape index (κ2) is 8.66. The number of nitro groups is 1. The molecule has 0 N–H and O–H groups in total. The molecule has 1 fully saturated rings. The van der Waals surface area contributed by atoms with Crippen LogP contribution >= 0.6 is 0 Å². The summed E-state index contributed by atoms with van der Waals surface area (Å²) < 4.78 is 43.7. The van der Waals surface area contributed by atoms with Crippen molar-refractivity contribution in [3.8, 4) is 0 Å². The molecule has 11 heteroatoms. The zero-order chi connectivity index (χ0) is 21.9. The van der Waals surface area contributed by atoms with E-state index in [4.69, 9.17) is 4.74 Å². The van der Waals surface area contributed by atoms with Gasteiger partial charge in [-0.25, -0.2) is 0 Å². The Morgan fingerprint density at radius 1 is 1.28 bits per heavy atom. The van der Waals surface area contributed by atoms with E-state index in [0.717, 1.165) is 12.1 Å². The number of hydrogen-bond donors (Lipinski definition) is 0. The van der Waals surface area contributed by atoms with Crippen LogP contribution in [0.3, 0.4) is 0 Å². The summed E-state index contributed by atoms with van der Waals surface area (Å²) in [5, 5.41) is 11.3. The highest BCUT2D eigenvalue weighted by atomic mass is 19.4. The van der Waals surface area contributed by atoms with E-state index in [2.05, 4.69) is 0 Å². The number of anilines is 1. The molecule has 0 spiro atoms. The SMILES string of the molecule is C[C@@H](OC(=O)C1CCN(c2ccc(C(F)(F)F)cc2[N+](=O)[O-])CC1)C(=O)N(C)C. The molecule has 0 unspecified atom stereocenters. The molecule has 1 aliphatic rings. The Bertz CT molecular complexity index is 789. The van der Waals surface area contributed by atoms with Gasteiger partial charge in [-0.1, -0.05) is 0 Å². The molecule has 1 aromatic carbocycles. The van der Waals surface area contributed by atoms with E-state index in [1.54, 1.807) is 19.0 Å². The molecule has 0 radical (unpaired) electrons. The molecule has 0 saturated carbocycles. The zero-order valence-electron chi connectivity index (χ0n) is 16.2. The molecule has 29 heavy (non-hydrogen) atoms. The summed E-state index contributed by atoms with van der Waals surface area (Å²) in [7, 11) is 3.09. The molecule has 1 atom stereocenters. The summed E-state index contributed by atoms with van der Waals surface area (Å²) in [4.78, 5) is 37.4. The third-order valence-electron chi connectivity index (χ3n) is 4.75. The van der Waals surface area contributed by atoms with Gasteiger partial charge in [0.25, 0.3) is 11.6 Å². The van der Waals surface area contributed by atoms with Crippen LogP contribution in [0, 0.1) is 16.0 Å². The Hall–Kier alpha value is -2.85. The highest BCUT2D eigenvalue weighted by molar-refractivity contribution is 5.83. The molecule has 1 amide bonds. The van der Waals surface area contributed by atoms with Crippen LogP contribution in [-0.2, 0) is 20.5 Å². The van der Waals surface area contributed by atoms with Gasteiger partial charge in [0.1, 0.15) is 5.69 Å². The number of halogens is 3. The van der Waals surface area contributed by atoms with E-state index >= 15 is 0 Å². The minimum absolute atomic E-state index is 0.0750. The van der Waals surface area contributed by atoms with Gasteiger partial charge in [0.05, 0.1) is 16.4 Å². The van der Waals surface area contributed by atoms with Gasteiger partial charge in [-0.3, -0.25) is 19.7 Å². The van der Waals surface area contributed by atoms with Crippen molar-refractivity contribution >= 4 is 23.3 Å². The van der Waals surface area contributed by atoms with E-state index < -0.39 is 40.3 Å². The van der Waals surface area contributed by atoms with Crippen molar-refractivity contribution in [2.24, 2.45) is 5.92 Å². The Labute approximate surface area is 165 Å². The molecule has 1 saturated heterocycles. The van der Waals surface area contributed by atoms with Crippen LogP contribution in [0.25, 0.3) is 0 Å². The maximum Gasteiger partial charge on any atom is 0.416 e. The maximum atomic E-state index is 12.8. The normalized spacial score (nSPS) is 16.3. The molecular formula is C18H22F3N3O5. The number of alkyl halides is 3. The smallest absolute Gasteiger partial charge is 0.416 e. The molecule has 0 aliphatic carbocycles. The highest BCUT2D eigenvalue weighted by Gasteiger charge is 2.35. The number of nitro benzene ring substituents is 1. The Morgan fingerprint density at radius 2 is 1.86 bits per heavy atom. The minimum atomic E-state index is -4.68. The third-order valence-corrected chi connectivity index (χ3v) is 4.75. The van der Waals surface area contributed by atoms with Crippen molar-refractivity contribution in [1.29, 1.82) is 0 Å². The van der Waals surface area contributed by atoms with Gasteiger partial charge in [0.2, 0.25) is 0 Å². The summed E-state index contributed by atoms with van der Waals surface area (Å²) in [6, 6.07) is 2.40. The van der Waals surface area contributed by atoms with Crippen molar-refractivity contribution in [2.45, 2.75) is 32.0 Å². The predicted molar refractivity (Wildman–Crippen MR) is 97.3 cm³/mol. The molecular weight excluding hydrogens is 395 g/mol. The summed E-state index contributed by atoms with van der Waals surface area (Å²) >= 11 is 0. The fraction of sp³-hybridized carbons (Fsp3) is 0.556. The molecule has 1 heterocycles. The van der Waals surface area contributed by atoms with Gasteiger partial charge >= 0.3 is 12.1 Å². The third kappa shape index (κ3) is 5.36. The average molecular weight is 417 g/mol. The second-order valence-electron chi connectivity index (χ2n) is 7.03. The van der Waals surface area contributed by atoms with Crippen LogP contribution in [-0.4, -0.2) is 55.0 Å². The number of esters is 1. The molecule has 0 bridgehead atoms. The van der Waals surface area contributed by atoms with Crippen LogP contribution < -0.4 is 4.90 Å². The molecule has 1 aromatic rings. The van der Waals surface area contributed by atoms with E-state index in [1.165, 1.54) is 11.8 Å². The quantitative estimate of drug-likeness (QED) is 0.416. The van der Waals surface area contributed by atoms with Gasteiger partial charge in [-0.05, 0) is 31.9 Å². The van der Waals surface area contributed by atoms with Crippen molar-refractivity contribution in [3.63, 3.8) is 0 Å². The Morgan fingerprint density at radius 3 is 2.34 bits per heavy atom. The van der Waals surface area contributed by atoms with Crippen LogP contribution in [0.5, 0.6) is 0 Å². The van der Waals surface area contributed by atoms with Crippen LogP contribution in [0.2, 0.25) is 0 Å². The van der Waals surface area contributed by atoms with Gasteiger partial charge in [0.15, 0.2) is 6.10 Å². The number of piperidine rings is 1. The van der Waals surface area contributed by atoms with Crippen molar-refractivity contribution < 1.29 is 32.4 Å². The number of amides is 1. The fourth-order valence-corrected chi connectivity index (χ4v) is 3.15. The van der Waals surface area contributed by atoms with Crippen LogP contribution in [0.4, 0.5) is 24.5 Å². The van der Waals surface area contributed by atoms with Crippen molar-refractivity contribution in [2.75, 3.05) is 32.1 Å². The minimum Gasteiger partial charge on any atom is -0.452 e. The van der Waals surface area contributed by atoms with Crippen LogP contribution in [0.15, 0.2) is 18.2 Å². The first-order valence-corrected chi connectivity index (χ1v) is 8.94. The molecule has 2 rings (SSSR count). The summed E-state index contributed by atoms with van der Waals surface area (Å²) in [6.07, 6.45) is -4.99. The Balaban J connectivity index is 2.06. The predicted octanol–water partition coefficient (Wildman–Crippen LogP) is 2.85. The molecule has 0 aromatic heterocycles. The number of benzene rings is 1. The van der Waals surface area contributed by atoms with Crippen molar-refractivity contribution in [3.05, 3.63) is 33.9 Å². The number of likely N-dealkylation sites (N-methyl/N-ethyl adjacent to an activating group) is 1. The van der Waals surface area contributed by atoms with Gasteiger partial charge < -0.3 is 14.5 Å². The Kier molecular flexibility index (Phi) is 6.70. The van der Waals surface area contributed by atoms with Gasteiger partial charge in [-0.15, -0.1) is 0 Å². The standard InChI is InChI=1S/C18H22F3N3O5/c1-11(16(25)22(2)3)29-17(26)12-6-8-23(9-7-12)14-5-4-13(18(19,20)21)10-15(14)24(27)28/h4-5,10-12H,6-9H2,1-3H3/t11-/m1/s1. The monoisotopic (exact) mass is 417 g/mol. The lowest BCUT2D eigenvalue weighted by Crippen LogP contribution is -2.40. The summed E-state index contributed by atoms with van der Waals surface area (Å²) in [6.45, 7) is 1.95. The molecule has 8 nitrogen and oxygen atoms in total. The lowest BCUT2D eigenvalue weighted by molar-refractivity contribution is -0.384. The number of carbonyl (C=O) groups is 2. The highest BCUT2D eigenvalue weighted by Crippen LogP contribution is 2.37. The number of carbonyl (C=O) groups excluding carboxylic acids is 2. The van der Waals surface area contributed by atoms with Crippen molar-refractivity contribution in [1.82, 2.24) is 4.90 Å². The number of hydrogen-bond acceptors (Lipinski definition) is 6. The van der Waals surface area contributed by atoms with Crippen LogP contribution in [0.1, 0.15) is 25.3 Å². The topological polar surface area (TPSA) is 93.0 Å². The van der Waals surface area contributed by atoms with E-state index in [1.807, 2.05) is 0 Å². The molecule has 1 aliphatic heterocycles. The summed E-state index contributed by atoms with van der Waals surface area (Å²) in [5.74, 6) is -1.37. The van der Waals surface area contributed by atoms with Gasteiger partial charge in [0, 0.05) is 33.3 Å². The molecule has 160 valence electrons. The first-order chi connectivity index (χ1) is 13.4. The van der Waals surface area contributed by atoms with E-state index in [0.29, 0.717) is 18.9 Å². The lowest BCUT2D eigenvalue weighted by atomic mass is 9.96. The first kappa shape index (κ1) is 22.4. The summed E-state index contributed by atoms with van der Waals surface area (Å²) in [5.41, 5.74) is -1.65.